The molecular formula is C12H20O. The second kappa shape index (κ2) is 5.11. The van der Waals surface area contributed by atoms with Gasteiger partial charge in [-0.05, 0) is 30.8 Å². The Morgan fingerprint density at radius 1 is 1.54 bits per heavy atom. The monoisotopic (exact) mass is 180 g/mol. The summed E-state index contributed by atoms with van der Waals surface area (Å²) in [6, 6.07) is 0. The van der Waals surface area contributed by atoms with E-state index in [1.54, 1.807) is 6.26 Å². The van der Waals surface area contributed by atoms with E-state index < -0.39 is 0 Å². The van der Waals surface area contributed by atoms with Crippen molar-refractivity contribution in [2.75, 3.05) is 0 Å². The fourth-order valence-corrected chi connectivity index (χ4v) is 1.83. The van der Waals surface area contributed by atoms with Gasteiger partial charge in [-0.25, -0.2) is 0 Å². The van der Waals surface area contributed by atoms with E-state index in [1.807, 2.05) is 0 Å². The lowest BCUT2D eigenvalue weighted by Gasteiger charge is -2.26. The van der Waals surface area contributed by atoms with Gasteiger partial charge in [-0.15, -0.1) is 0 Å². The molecule has 0 heterocycles. The van der Waals surface area contributed by atoms with Crippen molar-refractivity contribution in [3.05, 3.63) is 25.0 Å². The summed E-state index contributed by atoms with van der Waals surface area (Å²) < 4.78 is 5.32. The van der Waals surface area contributed by atoms with Gasteiger partial charge in [0.1, 0.15) is 6.10 Å². The molecule has 1 heteroatoms. The molecule has 0 amide bonds. The van der Waals surface area contributed by atoms with Gasteiger partial charge in [-0.1, -0.05) is 32.9 Å². The van der Waals surface area contributed by atoms with Crippen molar-refractivity contribution in [3.8, 4) is 0 Å². The molecule has 3 unspecified atom stereocenters. The van der Waals surface area contributed by atoms with Crippen LogP contribution in [-0.2, 0) is 4.74 Å². The summed E-state index contributed by atoms with van der Waals surface area (Å²) in [7, 11) is 0. The molecule has 0 aromatic carbocycles. The molecule has 0 saturated carbocycles. The van der Waals surface area contributed by atoms with E-state index in [0.717, 1.165) is 18.3 Å². The zero-order chi connectivity index (χ0) is 9.68. The van der Waals surface area contributed by atoms with E-state index in [0.29, 0.717) is 0 Å². The van der Waals surface area contributed by atoms with E-state index in [1.165, 1.54) is 12.8 Å². The standard InChI is InChI=1S/C12H20O/c1-4-10(3)11-6-8-12(9-7-11)13-5-2/h5-6,8,10-12H,2,4,7,9H2,1,3H3. The summed E-state index contributed by atoms with van der Waals surface area (Å²) in [6.07, 6.45) is 9.97. The molecule has 0 N–H and O–H groups in total. The van der Waals surface area contributed by atoms with Gasteiger partial charge < -0.3 is 4.74 Å². The number of allylic oxidation sites excluding steroid dienone is 1. The molecule has 0 bridgehead atoms. The van der Waals surface area contributed by atoms with Gasteiger partial charge in [0.05, 0.1) is 6.26 Å². The fourth-order valence-electron chi connectivity index (χ4n) is 1.83. The molecule has 0 saturated heterocycles. The Hall–Kier alpha value is -0.720. The molecule has 0 radical (unpaired) electrons. The van der Waals surface area contributed by atoms with Gasteiger partial charge in [0.2, 0.25) is 0 Å². The van der Waals surface area contributed by atoms with Crippen molar-refractivity contribution in [2.24, 2.45) is 11.8 Å². The number of hydrogen-bond donors (Lipinski definition) is 0. The predicted octanol–water partition coefficient (Wildman–Crippen LogP) is 3.53. The van der Waals surface area contributed by atoms with Crippen LogP contribution in [0, 0.1) is 11.8 Å². The van der Waals surface area contributed by atoms with Gasteiger partial charge in [0.25, 0.3) is 0 Å². The van der Waals surface area contributed by atoms with E-state index >= 15 is 0 Å². The molecule has 1 rings (SSSR count). The van der Waals surface area contributed by atoms with Gasteiger partial charge >= 0.3 is 0 Å². The molecule has 0 spiro atoms. The SMILES string of the molecule is C=COC1C=CC(C(C)CC)CC1. The topological polar surface area (TPSA) is 9.23 Å². The molecule has 1 aliphatic carbocycles. The average molecular weight is 180 g/mol. The van der Waals surface area contributed by atoms with E-state index in [2.05, 4.69) is 32.6 Å². The van der Waals surface area contributed by atoms with Crippen LogP contribution in [-0.4, -0.2) is 6.10 Å². The van der Waals surface area contributed by atoms with E-state index in [9.17, 15) is 0 Å². The number of hydrogen-bond acceptors (Lipinski definition) is 1. The van der Waals surface area contributed by atoms with Crippen molar-refractivity contribution in [1.82, 2.24) is 0 Å². The Morgan fingerprint density at radius 2 is 2.31 bits per heavy atom. The molecule has 3 atom stereocenters. The third kappa shape index (κ3) is 2.91. The van der Waals surface area contributed by atoms with Crippen LogP contribution < -0.4 is 0 Å². The molecular weight excluding hydrogens is 160 g/mol. The average Bonchev–Trinajstić information content (AvgIpc) is 2.18. The third-order valence-corrected chi connectivity index (χ3v) is 3.00. The van der Waals surface area contributed by atoms with Crippen molar-refractivity contribution in [3.63, 3.8) is 0 Å². The third-order valence-electron chi connectivity index (χ3n) is 3.00. The summed E-state index contributed by atoms with van der Waals surface area (Å²) in [5.41, 5.74) is 0. The lowest BCUT2D eigenvalue weighted by molar-refractivity contribution is 0.158. The molecule has 1 aliphatic rings. The number of ether oxygens (including phenoxy) is 1. The van der Waals surface area contributed by atoms with E-state index in [4.69, 9.17) is 4.74 Å². The summed E-state index contributed by atoms with van der Waals surface area (Å²) in [4.78, 5) is 0. The van der Waals surface area contributed by atoms with Crippen LogP contribution in [0.15, 0.2) is 25.0 Å². The quantitative estimate of drug-likeness (QED) is 0.475. The van der Waals surface area contributed by atoms with E-state index in [-0.39, 0.29) is 6.10 Å². The Kier molecular flexibility index (Phi) is 4.07. The maximum Gasteiger partial charge on any atom is 0.116 e. The first-order chi connectivity index (χ1) is 6.27. The first-order valence-electron chi connectivity index (χ1n) is 5.22. The zero-order valence-electron chi connectivity index (χ0n) is 8.70. The summed E-state index contributed by atoms with van der Waals surface area (Å²) >= 11 is 0. The van der Waals surface area contributed by atoms with Crippen LogP contribution in [0.1, 0.15) is 33.1 Å². The first-order valence-corrected chi connectivity index (χ1v) is 5.22. The van der Waals surface area contributed by atoms with Crippen molar-refractivity contribution < 1.29 is 4.74 Å². The minimum absolute atomic E-state index is 0.276. The van der Waals surface area contributed by atoms with Crippen LogP contribution >= 0.6 is 0 Å². The number of rotatable bonds is 4. The molecule has 74 valence electrons. The molecule has 1 nitrogen and oxygen atoms in total. The van der Waals surface area contributed by atoms with Gasteiger partial charge in [-0.2, -0.15) is 0 Å². The smallest absolute Gasteiger partial charge is 0.116 e. The predicted molar refractivity (Wildman–Crippen MR) is 56.4 cm³/mol. The van der Waals surface area contributed by atoms with Crippen molar-refractivity contribution in [1.29, 1.82) is 0 Å². The van der Waals surface area contributed by atoms with Crippen LogP contribution in [0.5, 0.6) is 0 Å². The normalized spacial score (nSPS) is 29.7. The Balaban J connectivity index is 2.41. The minimum atomic E-state index is 0.276. The highest BCUT2D eigenvalue weighted by Crippen LogP contribution is 2.27. The Bertz CT molecular complexity index is 184. The molecule has 0 aromatic heterocycles. The summed E-state index contributed by atoms with van der Waals surface area (Å²) in [6.45, 7) is 8.15. The van der Waals surface area contributed by atoms with Crippen LogP contribution in [0.25, 0.3) is 0 Å². The maximum absolute atomic E-state index is 5.32. The van der Waals surface area contributed by atoms with Crippen LogP contribution in [0.3, 0.4) is 0 Å². The lowest BCUT2D eigenvalue weighted by Crippen LogP contribution is -2.18. The lowest BCUT2D eigenvalue weighted by atomic mass is 9.83. The molecule has 0 aliphatic heterocycles. The van der Waals surface area contributed by atoms with Crippen molar-refractivity contribution in [2.45, 2.75) is 39.2 Å². The molecule has 0 aromatic rings. The Morgan fingerprint density at radius 3 is 2.77 bits per heavy atom. The van der Waals surface area contributed by atoms with Gasteiger partial charge in [-0.3, -0.25) is 0 Å². The first kappa shape index (κ1) is 10.4. The maximum atomic E-state index is 5.32. The van der Waals surface area contributed by atoms with Crippen molar-refractivity contribution >= 4 is 0 Å². The highest BCUT2D eigenvalue weighted by Gasteiger charge is 2.19. The molecule has 13 heavy (non-hydrogen) atoms. The second-order valence-corrected chi connectivity index (χ2v) is 3.85. The Labute approximate surface area is 81.5 Å². The summed E-state index contributed by atoms with van der Waals surface area (Å²) in [5, 5.41) is 0. The largest absolute Gasteiger partial charge is 0.495 e. The highest BCUT2D eigenvalue weighted by atomic mass is 16.5. The van der Waals surface area contributed by atoms with Gasteiger partial charge in [0, 0.05) is 0 Å². The van der Waals surface area contributed by atoms with Crippen LogP contribution in [0.4, 0.5) is 0 Å². The van der Waals surface area contributed by atoms with Gasteiger partial charge in [0.15, 0.2) is 0 Å². The fraction of sp³-hybridized carbons (Fsp3) is 0.667. The zero-order valence-corrected chi connectivity index (χ0v) is 8.70. The second-order valence-electron chi connectivity index (χ2n) is 3.85. The van der Waals surface area contributed by atoms with Crippen LogP contribution in [0.2, 0.25) is 0 Å². The summed E-state index contributed by atoms with van der Waals surface area (Å²) in [5.74, 6) is 1.57. The highest BCUT2D eigenvalue weighted by molar-refractivity contribution is 5.00. The minimum Gasteiger partial charge on any atom is -0.495 e. The molecule has 0 fully saturated rings.